The summed E-state index contributed by atoms with van der Waals surface area (Å²) in [6.45, 7) is 3.52. The quantitative estimate of drug-likeness (QED) is 0.893. The van der Waals surface area contributed by atoms with Crippen molar-refractivity contribution in [2.45, 2.75) is 38.4 Å². The molecule has 2 amide bonds. The maximum Gasteiger partial charge on any atom is 0.351 e. The van der Waals surface area contributed by atoms with Crippen LogP contribution < -0.4 is 4.90 Å². The molecule has 2 heterocycles. The Labute approximate surface area is 122 Å². The number of carboxylic acid groups (broad SMARTS) is 1. The van der Waals surface area contributed by atoms with Crippen molar-refractivity contribution < 1.29 is 19.5 Å². The van der Waals surface area contributed by atoms with Gasteiger partial charge in [0, 0.05) is 18.9 Å². The van der Waals surface area contributed by atoms with Crippen LogP contribution in [-0.4, -0.2) is 39.5 Å². The first-order valence-corrected chi connectivity index (χ1v) is 6.90. The van der Waals surface area contributed by atoms with Crippen LogP contribution in [0.15, 0.2) is 24.3 Å². The monoisotopic (exact) mass is 288 g/mol. The Hall–Kier alpha value is -2.37. The second-order valence-electron chi connectivity index (χ2n) is 5.64. The highest BCUT2D eigenvalue weighted by Crippen LogP contribution is 2.45. The molecule has 2 aliphatic rings. The summed E-state index contributed by atoms with van der Waals surface area (Å²) < 4.78 is 0. The van der Waals surface area contributed by atoms with Gasteiger partial charge in [-0.25, -0.2) is 4.79 Å². The molecule has 3 rings (SSSR count). The summed E-state index contributed by atoms with van der Waals surface area (Å²) in [5.74, 6) is -1.76. The van der Waals surface area contributed by atoms with Crippen molar-refractivity contribution in [2.75, 3.05) is 4.90 Å². The van der Waals surface area contributed by atoms with Crippen LogP contribution in [0, 0.1) is 0 Å². The van der Waals surface area contributed by atoms with Crippen LogP contribution in [0.3, 0.4) is 0 Å². The zero-order chi connectivity index (χ0) is 15.4. The van der Waals surface area contributed by atoms with Gasteiger partial charge in [-0.05, 0) is 26.0 Å². The fourth-order valence-corrected chi connectivity index (χ4v) is 3.39. The van der Waals surface area contributed by atoms with Crippen molar-refractivity contribution in [3.8, 4) is 0 Å². The molecule has 1 N–H and O–H groups in total. The molecule has 6 heteroatoms. The molecule has 0 bridgehead atoms. The van der Waals surface area contributed by atoms with Crippen LogP contribution in [0.2, 0.25) is 0 Å². The van der Waals surface area contributed by atoms with Gasteiger partial charge in [0.2, 0.25) is 11.6 Å². The Morgan fingerprint density at radius 3 is 2.57 bits per heavy atom. The van der Waals surface area contributed by atoms with Crippen LogP contribution in [0.1, 0.15) is 37.0 Å². The molecule has 1 saturated heterocycles. The summed E-state index contributed by atoms with van der Waals surface area (Å²) in [6.07, 6.45) is 0.233. The van der Waals surface area contributed by atoms with Gasteiger partial charge in [-0.1, -0.05) is 12.1 Å². The lowest BCUT2D eigenvalue weighted by molar-refractivity contribution is -0.151. The maximum atomic E-state index is 12.7. The van der Waals surface area contributed by atoms with E-state index in [1.54, 1.807) is 38.1 Å². The lowest BCUT2D eigenvalue weighted by Gasteiger charge is -2.49. The molecule has 0 aromatic heterocycles. The van der Waals surface area contributed by atoms with Gasteiger partial charge in [-0.3, -0.25) is 14.5 Å². The van der Waals surface area contributed by atoms with Gasteiger partial charge in [0.05, 0.1) is 11.3 Å². The fourth-order valence-electron chi connectivity index (χ4n) is 3.39. The number of nitrogens with zero attached hydrogens (tertiary/aromatic N) is 2. The standard InChI is InChI=1S/C15H16N2O4/c1-9(2)16-13(19)10-5-3-4-6-11(10)17-12(18)7-8-15(16,17)14(20)21/h3-6,9H,7-8H2,1-2H3,(H,20,21)/t15-/m0/s1. The number of carbonyl (C=O) groups excluding carboxylic acids is 2. The summed E-state index contributed by atoms with van der Waals surface area (Å²) in [6, 6.07) is 6.35. The van der Waals surface area contributed by atoms with E-state index < -0.39 is 11.6 Å². The Balaban J connectivity index is 2.33. The summed E-state index contributed by atoms with van der Waals surface area (Å²) in [7, 11) is 0. The zero-order valence-corrected chi connectivity index (χ0v) is 11.9. The highest BCUT2D eigenvalue weighted by Gasteiger charge is 2.61. The van der Waals surface area contributed by atoms with Crippen LogP contribution in [0.4, 0.5) is 5.69 Å². The molecule has 0 radical (unpaired) electrons. The van der Waals surface area contributed by atoms with E-state index in [2.05, 4.69) is 0 Å². The van der Waals surface area contributed by atoms with Crippen molar-refractivity contribution in [3.63, 3.8) is 0 Å². The first kappa shape index (κ1) is 13.6. The van der Waals surface area contributed by atoms with Crippen LogP contribution >= 0.6 is 0 Å². The van der Waals surface area contributed by atoms with Crippen molar-refractivity contribution in [3.05, 3.63) is 29.8 Å². The van der Waals surface area contributed by atoms with E-state index in [-0.39, 0.29) is 30.7 Å². The maximum absolute atomic E-state index is 12.7. The molecular formula is C15H16N2O4. The largest absolute Gasteiger partial charge is 0.478 e. The molecule has 0 spiro atoms. The molecule has 0 saturated carbocycles. The number of hydrogen-bond donors (Lipinski definition) is 1. The van der Waals surface area contributed by atoms with Gasteiger partial charge in [-0.15, -0.1) is 0 Å². The van der Waals surface area contributed by atoms with Crippen molar-refractivity contribution in [1.82, 2.24) is 4.90 Å². The molecule has 2 aliphatic heterocycles. The average molecular weight is 288 g/mol. The smallest absolute Gasteiger partial charge is 0.351 e. The predicted octanol–water partition coefficient (Wildman–Crippen LogP) is 1.46. The van der Waals surface area contributed by atoms with Crippen molar-refractivity contribution in [2.24, 2.45) is 0 Å². The van der Waals surface area contributed by atoms with Gasteiger partial charge in [0.15, 0.2) is 0 Å². The minimum absolute atomic E-state index is 0.111. The molecule has 6 nitrogen and oxygen atoms in total. The molecule has 0 aliphatic carbocycles. The van der Waals surface area contributed by atoms with E-state index in [0.717, 1.165) is 0 Å². The predicted molar refractivity (Wildman–Crippen MR) is 74.8 cm³/mol. The van der Waals surface area contributed by atoms with E-state index in [4.69, 9.17) is 0 Å². The number of carbonyl (C=O) groups is 3. The van der Waals surface area contributed by atoms with Crippen molar-refractivity contribution in [1.29, 1.82) is 0 Å². The molecule has 1 atom stereocenters. The van der Waals surface area contributed by atoms with E-state index >= 15 is 0 Å². The second-order valence-corrected chi connectivity index (χ2v) is 5.64. The Morgan fingerprint density at radius 1 is 1.29 bits per heavy atom. The van der Waals surface area contributed by atoms with Crippen LogP contribution in [0.25, 0.3) is 0 Å². The number of para-hydroxylation sites is 1. The third kappa shape index (κ3) is 1.55. The number of carboxylic acids is 1. The van der Waals surface area contributed by atoms with Gasteiger partial charge in [0.25, 0.3) is 5.91 Å². The normalized spacial score (nSPS) is 24.3. The fraction of sp³-hybridized carbons (Fsp3) is 0.400. The molecular weight excluding hydrogens is 272 g/mol. The van der Waals surface area contributed by atoms with Gasteiger partial charge in [0.1, 0.15) is 0 Å². The number of benzene rings is 1. The Kier molecular flexibility index (Phi) is 2.79. The Bertz CT molecular complexity index is 655. The topological polar surface area (TPSA) is 77.9 Å². The lowest BCUT2D eigenvalue weighted by atomic mass is 9.95. The van der Waals surface area contributed by atoms with Gasteiger partial charge >= 0.3 is 5.97 Å². The molecule has 110 valence electrons. The summed E-state index contributed by atoms with van der Waals surface area (Å²) in [4.78, 5) is 39.6. The van der Waals surface area contributed by atoms with E-state index in [1.165, 1.54) is 9.80 Å². The Morgan fingerprint density at radius 2 is 1.95 bits per heavy atom. The van der Waals surface area contributed by atoms with Gasteiger partial charge < -0.3 is 10.0 Å². The van der Waals surface area contributed by atoms with Crippen LogP contribution in [-0.2, 0) is 9.59 Å². The van der Waals surface area contributed by atoms with E-state index in [9.17, 15) is 19.5 Å². The van der Waals surface area contributed by atoms with E-state index in [0.29, 0.717) is 11.3 Å². The molecule has 0 unspecified atom stereocenters. The number of amides is 2. The number of fused-ring (bicyclic) bond motifs is 3. The number of anilines is 1. The third-order valence-electron chi connectivity index (χ3n) is 4.16. The molecule has 1 fully saturated rings. The summed E-state index contributed by atoms with van der Waals surface area (Å²) in [5.41, 5.74) is -0.834. The third-order valence-corrected chi connectivity index (χ3v) is 4.16. The first-order valence-electron chi connectivity index (χ1n) is 6.90. The van der Waals surface area contributed by atoms with Crippen LogP contribution in [0.5, 0.6) is 0 Å². The number of aliphatic carboxylic acids is 1. The minimum atomic E-state index is -1.60. The molecule has 1 aromatic carbocycles. The van der Waals surface area contributed by atoms with Crippen molar-refractivity contribution >= 4 is 23.5 Å². The highest BCUT2D eigenvalue weighted by atomic mass is 16.4. The zero-order valence-electron chi connectivity index (χ0n) is 11.9. The SMILES string of the molecule is CC(C)N1C(=O)c2ccccc2N2C(=O)CC[C@@]21C(=O)O. The minimum Gasteiger partial charge on any atom is -0.478 e. The summed E-state index contributed by atoms with van der Waals surface area (Å²) >= 11 is 0. The number of hydrogen-bond acceptors (Lipinski definition) is 3. The van der Waals surface area contributed by atoms with E-state index in [1.807, 2.05) is 0 Å². The first-order chi connectivity index (χ1) is 9.91. The average Bonchev–Trinajstić information content (AvgIpc) is 2.78. The second kappa shape index (κ2) is 4.31. The highest BCUT2D eigenvalue weighted by molar-refractivity contribution is 6.15. The summed E-state index contributed by atoms with van der Waals surface area (Å²) in [5, 5.41) is 9.79. The number of rotatable bonds is 2. The lowest BCUT2D eigenvalue weighted by Crippen LogP contribution is -2.69. The van der Waals surface area contributed by atoms with Gasteiger partial charge in [-0.2, -0.15) is 0 Å². The molecule has 1 aromatic rings. The molecule has 21 heavy (non-hydrogen) atoms.